The number of nitrogens with one attached hydrogen (secondary N) is 2. The Morgan fingerprint density at radius 3 is 2.52 bits per heavy atom. The van der Waals surface area contributed by atoms with Crippen molar-refractivity contribution < 1.29 is 14.3 Å². The minimum absolute atomic E-state index is 0. The molecule has 6 heteroatoms. The summed E-state index contributed by atoms with van der Waals surface area (Å²) in [5.41, 5.74) is 1.04. The summed E-state index contributed by atoms with van der Waals surface area (Å²) in [5.74, 6) is 2.17. The van der Waals surface area contributed by atoms with Crippen LogP contribution in [-0.2, 0) is 11.3 Å². The fourth-order valence-corrected chi connectivity index (χ4v) is 2.73. The molecule has 1 amide bonds. The monoisotopic (exact) mass is 362 g/mol. The Balaban J connectivity index is 0.00000225. The molecule has 0 spiro atoms. The van der Waals surface area contributed by atoms with Crippen molar-refractivity contribution in [2.24, 2.45) is 0 Å². The Morgan fingerprint density at radius 1 is 1.16 bits per heavy atom. The second kappa shape index (κ2) is 9.30. The molecular weight excluding hydrogens is 340 g/mol. The van der Waals surface area contributed by atoms with Gasteiger partial charge in [-0.05, 0) is 49.2 Å². The second-order valence-corrected chi connectivity index (χ2v) is 5.76. The SMILES string of the molecule is COc1ccccc1Oc1ccc(CNC(=O)C2CCCN2)cc1.Cl. The van der Waals surface area contributed by atoms with Crippen molar-refractivity contribution in [1.29, 1.82) is 0 Å². The molecule has 0 aliphatic carbocycles. The maximum absolute atomic E-state index is 12.0. The first kappa shape index (κ1) is 19.1. The van der Waals surface area contributed by atoms with Gasteiger partial charge in [-0.15, -0.1) is 12.4 Å². The van der Waals surface area contributed by atoms with E-state index in [0.717, 1.165) is 30.7 Å². The summed E-state index contributed by atoms with van der Waals surface area (Å²) < 4.78 is 11.1. The Bertz CT molecular complexity index is 685. The molecule has 2 aromatic rings. The number of rotatable bonds is 6. The van der Waals surface area contributed by atoms with E-state index in [1.54, 1.807) is 7.11 Å². The molecule has 0 saturated carbocycles. The highest BCUT2D eigenvalue weighted by Gasteiger charge is 2.21. The van der Waals surface area contributed by atoms with Gasteiger partial charge in [-0.25, -0.2) is 0 Å². The molecule has 1 saturated heterocycles. The van der Waals surface area contributed by atoms with Crippen molar-refractivity contribution in [2.45, 2.75) is 25.4 Å². The normalized spacial score (nSPS) is 16.0. The first-order chi connectivity index (χ1) is 11.8. The molecule has 0 bridgehead atoms. The van der Waals surface area contributed by atoms with E-state index < -0.39 is 0 Å². The van der Waals surface area contributed by atoms with E-state index in [1.807, 2.05) is 48.5 Å². The third-order valence-corrected chi connectivity index (χ3v) is 4.06. The van der Waals surface area contributed by atoms with E-state index in [0.29, 0.717) is 18.0 Å². The Kier molecular flexibility index (Phi) is 7.10. The molecular formula is C19H23ClN2O3. The predicted molar refractivity (Wildman–Crippen MR) is 99.6 cm³/mol. The Morgan fingerprint density at radius 2 is 1.88 bits per heavy atom. The molecule has 2 N–H and O–H groups in total. The van der Waals surface area contributed by atoms with Crippen LogP contribution in [0.4, 0.5) is 0 Å². The number of amides is 1. The number of carbonyl (C=O) groups excluding carboxylic acids is 1. The van der Waals surface area contributed by atoms with Crippen molar-refractivity contribution in [3.05, 3.63) is 54.1 Å². The highest BCUT2D eigenvalue weighted by molar-refractivity contribution is 5.85. The molecule has 3 rings (SSSR count). The predicted octanol–water partition coefficient (Wildman–Crippen LogP) is 3.28. The van der Waals surface area contributed by atoms with Gasteiger partial charge >= 0.3 is 0 Å². The fraction of sp³-hybridized carbons (Fsp3) is 0.316. The maximum Gasteiger partial charge on any atom is 0.237 e. The summed E-state index contributed by atoms with van der Waals surface area (Å²) in [6.07, 6.45) is 1.98. The van der Waals surface area contributed by atoms with Gasteiger partial charge < -0.3 is 20.1 Å². The van der Waals surface area contributed by atoms with E-state index in [2.05, 4.69) is 10.6 Å². The van der Waals surface area contributed by atoms with E-state index in [-0.39, 0.29) is 24.4 Å². The molecule has 5 nitrogen and oxygen atoms in total. The molecule has 134 valence electrons. The molecule has 0 radical (unpaired) electrons. The lowest BCUT2D eigenvalue weighted by Gasteiger charge is -2.12. The number of para-hydroxylation sites is 2. The average Bonchev–Trinajstić information content (AvgIpc) is 3.16. The molecule has 1 fully saturated rings. The van der Waals surface area contributed by atoms with Crippen LogP contribution in [0.15, 0.2) is 48.5 Å². The summed E-state index contributed by atoms with van der Waals surface area (Å²) in [7, 11) is 1.62. The number of halogens is 1. The minimum Gasteiger partial charge on any atom is -0.493 e. The van der Waals surface area contributed by atoms with Gasteiger partial charge in [-0.3, -0.25) is 4.79 Å². The van der Waals surface area contributed by atoms with E-state index in [9.17, 15) is 4.79 Å². The van der Waals surface area contributed by atoms with Gasteiger partial charge in [-0.2, -0.15) is 0 Å². The number of carbonyl (C=O) groups is 1. The highest BCUT2D eigenvalue weighted by Crippen LogP contribution is 2.30. The number of hydrogen-bond donors (Lipinski definition) is 2. The van der Waals surface area contributed by atoms with Crippen molar-refractivity contribution >= 4 is 18.3 Å². The first-order valence-corrected chi connectivity index (χ1v) is 8.17. The Hall–Kier alpha value is -2.24. The van der Waals surface area contributed by atoms with Crippen LogP contribution >= 0.6 is 12.4 Å². The van der Waals surface area contributed by atoms with Crippen molar-refractivity contribution in [3.8, 4) is 17.2 Å². The summed E-state index contributed by atoms with van der Waals surface area (Å²) in [6, 6.07) is 15.2. The lowest BCUT2D eigenvalue weighted by atomic mass is 10.2. The number of hydrogen-bond acceptors (Lipinski definition) is 4. The van der Waals surface area contributed by atoms with Crippen LogP contribution in [0, 0.1) is 0 Å². The minimum atomic E-state index is -0.0434. The van der Waals surface area contributed by atoms with Crippen molar-refractivity contribution in [1.82, 2.24) is 10.6 Å². The van der Waals surface area contributed by atoms with Gasteiger partial charge in [0.1, 0.15) is 5.75 Å². The third-order valence-electron chi connectivity index (χ3n) is 4.06. The molecule has 1 aliphatic heterocycles. The number of methoxy groups -OCH3 is 1. The van der Waals surface area contributed by atoms with Crippen LogP contribution in [0.25, 0.3) is 0 Å². The molecule has 1 heterocycles. The van der Waals surface area contributed by atoms with Gasteiger partial charge in [-0.1, -0.05) is 24.3 Å². The zero-order valence-corrected chi connectivity index (χ0v) is 15.0. The zero-order chi connectivity index (χ0) is 16.8. The number of ether oxygens (including phenoxy) is 2. The van der Waals surface area contributed by atoms with Crippen molar-refractivity contribution in [2.75, 3.05) is 13.7 Å². The summed E-state index contributed by atoms with van der Waals surface area (Å²) in [6.45, 7) is 1.44. The van der Waals surface area contributed by atoms with Gasteiger partial charge in [0.05, 0.1) is 13.2 Å². The van der Waals surface area contributed by atoms with Gasteiger partial charge in [0.2, 0.25) is 5.91 Å². The van der Waals surface area contributed by atoms with Gasteiger partial charge in [0.15, 0.2) is 11.5 Å². The van der Waals surface area contributed by atoms with Gasteiger partial charge in [0, 0.05) is 6.54 Å². The average molecular weight is 363 g/mol. The van der Waals surface area contributed by atoms with Crippen LogP contribution in [0.5, 0.6) is 17.2 Å². The largest absolute Gasteiger partial charge is 0.493 e. The highest BCUT2D eigenvalue weighted by atomic mass is 35.5. The summed E-state index contributed by atoms with van der Waals surface area (Å²) in [5, 5.41) is 6.16. The topological polar surface area (TPSA) is 59.6 Å². The summed E-state index contributed by atoms with van der Waals surface area (Å²) >= 11 is 0. The smallest absolute Gasteiger partial charge is 0.237 e. The standard InChI is InChI=1S/C19H22N2O3.ClH/c1-23-17-6-2-3-7-18(17)24-15-10-8-14(9-11-15)13-21-19(22)16-5-4-12-20-16;/h2-3,6-11,16,20H,4-5,12-13H2,1H3,(H,21,22);1H. The van der Waals surface area contributed by atoms with Crippen LogP contribution in [0.2, 0.25) is 0 Å². The number of benzene rings is 2. The van der Waals surface area contributed by atoms with Gasteiger partial charge in [0.25, 0.3) is 0 Å². The molecule has 1 atom stereocenters. The molecule has 1 unspecified atom stereocenters. The second-order valence-electron chi connectivity index (χ2n) is 5.76. The first-order valence-electron chi connectivity index (χ1n) is 8.17. The van der Waals surface area contributed by atoms with E-state index in [1.165, 1.54) is 0 Å². The van der Waals surface area contributed by atoms with Crippen molar-refractivity contribution in [3.63, 3.8) is 0 Å². The van der Waals surface area contributed by atoms with E-state index in [4.69, 9.17) is 9.47 Å². The van der Waals surface area contributed by atoms with Crippen LogP contribution in [0.3, 0.4) is 0 Å². The van der Waals surface area contributed by atoms with Crippen LogP contribution in [-0.4, -0.2) is 25.6 Å². The maximum atomic E-state index is 12.0. The quantitative estimate of drug-likeness (QED) is 0.828. The third kappa shape index (κ3) is 5.11. The molecule has 0 aromatic heterocycles. The Labute approximate surface area is 154 Å². The summed E-state index contributed by atoms with van der Waals surface area (Å²) in [4.78, 5) is 12.0. The lowest BCUT2D eigenvalue weighted by Crippen LogP contribution is -2.39. The molecule has 1 aliphatic rings. The van der Waals surface area contributed by atoms with E-state index >= 15 is 0 Å². The fourth-order valence-electron chi connectivity index (χ4n) is 2.73. The molecule has 25 heavy (non-hydrogen) atoms. The van der Waals surface area contributed by atoms with Crippen LogP contribution < -0.4 is 20.1 Å². The zero-order valence-electron chi connectivity index (χ0n) is 14.2. The molecule has 2 aromatic carbocycles. The lowest BCUT2D eigenvalue weighted by molar-refractivity contribution is -0.122. The van der Waals surface area contributed by atoms with Crippen LogP contribution in [0.1, 0.15) is 18.4 Å².